The van der Waals surface area contributed by atoms with Crippen LogP contribution in [0.3, 0.4) is 0 Å². The number of carbonyl (C=O) groups excluding carboxylic acids is 2. The Bertz CT molecular complexity index is 767. The van der Waals surface area contributed by atoms with Gasteiger partial charge in [-0.05, 0) is 44.2 Å². The summed E-state index contributed by atoms with van der Waals surface area (Å²) in [6.07, 6.45) is 6.33. The average Bonchev–Trinajstić information content (AvgIpc) is 3.49. The summed E-state index contributed by atoms with van der Waals surface area (Å²) in [5.74, 6) is 0.277. The fraction of sp³-hybridized carbons (Fsp3) is 0.600. The van der Waals surface area contributed by atoms with Crippen molar-refractivity contribution in [3.8, 4) is 5.75 Å². The monoisotopic (exact) mass is 470 g/mol. The highest BCUT2D eigenvalue weighted by Crippen LogP contribution is 2.39. The maximum absolute atomic E-state index is 12.3. The molecule has 0 bridgehead atoms. The quantitative estimate of drug-likeness (QED) is 0.0744. The Morgan fingerprint density at radius 1 is 1.23 bits per heavy atom. The number of ether oxygens (including phenoxy) is 2. The van der Waals surface area contributed by atoms with Crippen LogP contribution in [0.25, 0.3) is 0 Å². The van der Waals surface area contributed by atoms with Crippen molar-refractivity contribution in [1.82, 2.24) is 5.01 Å². The number of esters is 2. The van der Waals surface area contributed by atoms with E-state index in [1.165, 1.54) is 18.2 Å². The van der Waals surface area contributed by atoms with Crippen LogP contribution in [0.15, 0.2) is 29.5 Å². The molecule has 0 unspecified atom stereocenters. The molecule has 0 saturated carbocycles. The lowest BCUT2D eigenvalue weighted by Crippen LogP contribution is -2.29. The van der Waals surface area contributed by atoms with Crippen LogP contribution in [0.2, 0.25) is 0 Å². The minimum absolute atomic E-state index is 0.124. The Morgan fingerprint density at radius 2 is 2.03 bits per heavy atom. The molecule has 1 aromatic rings. The molecule has 2 heterocycles. The molecule has 170 valence electrons. The van der Waals surface area contributed by atoms with Crippen molar-refractivity contribution >= 4 is 33.5 Å². The predicted molar refractivity (Wildman–Crippen MR) is 116 cm³/mol. The molecule has 1 atom stereocenters. The maximum atomic E-state index is 12.3. The summed E-state index contributed by atoms with van der Waals surface area (Å²) in [6, 6.07) is 6.40. The van der Waals surface area contributed by atoms with Crippen LogP contribution in [0, 0.1) is 0 Å². The average molecular weight is 471 g/mol. The predicted octanol–water partition coefficient (Wildman–Crippen LogP) is 4.22. The highest BCUT2D eigenvalue weighted by Gasteiger charge is 2.23. The first-order chi connectivity index (χ1) is 15.1. The lowest BCUT2D eigenvalue weighted by atomic mass is 10.1. The van der Waals surface area contributed by atoms with Crippen LogP contribution in [-0.4, -0.2) is 58.0 Å². The zero-order valence-corrected chi connectivity index (χ0v) is 18.9. The fourth-order valence-corrected chi connectivity index (χ4v) is 6.30. The Morgan fingerprint density at radius 3 is 2.81 bits per heavy atom. The van der Waals surface area contributed by atoms with E-state index in [1.807, 2.05) is 21.6 Å². The number of carbonyl (C=O) groups is 2. The third kappa shape index (κ3) is 7.80. The normalized spacial score (nSPS) is 18.8. The third-order valence-electron chi connectivity index (χ3n) is 4.92. The second kappa shape index (κ2) is 12.7. The number of para-hydroxylation sites is 1. The van der Waals surface area contributed by atoms with E-state index in [1.54, 1.807) is 23.2 Å². The van der Waals surface area contributed by atoms with E-state index in [4.69, 9.17) is 14.3 Å². The van der Waals surface area contributed by atoms with E-state index >= 15 is 0 Å². The standard InChI is InChI=1S/C20H28N3O6S2/c24-19(10-4-1-7-16-11-14-30-31-16)29-18-9-3-2-8-17(18)20(25)27-15-28-21-23(26)22-12-5-6-13-22/h2-3,8-9,16H,1,4-7,10-15H2,(H,21,26)/q+1/t16-/m0/s1. The SMILES string of the molecule is O=C(CCCC[C@H]1CCSS1)Oc1ccccc1C(=O)OCO/N=[N+](\O)N1CCCC1. The zero-order valence-electron chi connectivity index (χ0n) is 17.3. The first-order valence-electron chi connectivity index (χ1n) is 10.5. The maximum Gasteiger partial charge on any atom is 0.344 e. The summed E-state index contributed by atoms with van der Waals surface area (Å²) in [7, 11) is 3.85. The van der Waals surface area contributed by atoms with E-state index in [2.05, 4.69) is 5.28 Å². The second-order valence-electron chi connectivity index (χ2n) is 7.23. The van der Waals surface area contributed by atoms with Gasteiger partial charge in [0, 0.05) is 17.4 Å². The lowest BCUT2D eigenvalue weighted by molar-refractivity contribution is -0.939. The van der Waals surface area contributed by atoms with E-state index in [-0.39, 0.29) is 17.3 Å². The van der Waals surface area contributed by atoms with E-state index in [0.29, 0.717) is 29.7 Å². The van der Waals surface area contributed by atoms with Crippen LogP contribution < -0.4 is 4.74 Å². The molecule has 0 amide bonds. The molecule has 0 spiro atoms. The van der Waals surface area contributed by atoms with Gasteiger partial charge in [-0.3, -0.25) is 9.63 Å². The Labute approximate surface area is 189 Å². The number of benzene rings is 1. The third-order valence-corrected chi connectivity index (χ3v) is 7.93. The summed E-state index contributed by atoms with van der Waals surface area (Å²) in [6.45, 7) is 0.879. The summed E-state index contributed by atoms with van der Waals surface area (Å²) < 4.78 is 10.4. The van der Waals surface area contributed by atoms with Crippen LogP contribution in [0.5, 0.6) is 5.75 Å². The summed E-state index contributed by atoms with van der Waals surface area (Å²) in [4.78, 5) is 30.0. The van der Waals surface area contributed by atoms with E-state index in [0.717, 1.165) is 32.1 Å². The van der Waals surface area contributed by atoms with Crippen molar-refractivity contribution in [3.05, 3.63) is 29.8 Å². The summed E-state index contributed by atoms with van der Waals surface area (Å²) in [5.41, 5.74) is 0.124. The first kappa shape index (κ1) is 23.5. The van der Waals surface area contributed by atoms with Gasteiger partial charge < -0.3 is 9.47 Å². The van der Waals surface area contributed by atoms with Gasteiger partial charge in [0.1, 0.15) is 11.3 Å². The molecular weight excluding hydrogens is 442 g/mol. The Balaban J connectivity index is 1.40. The number of hydrazine groups is 1. The van der Waals surface area contributed by atoms with Crippen molar-refractivity contribution in [2.75, 3.05) is 25.6 Å². The molecule has 1 N–H and O–H groups in total. The fourth-order valence-electron chi connectivity index (χ4n) is 3.27. The Hall–Kier alpha value is -2.14. The van der Waals surface area contributed by atoms with E-state index < -0.39 is 12.8 Å². The van der Waals surface area contributed by atoms with Crippen molar-refractivity contribution in [1.29, 1.82) is 0 Å². The van der Waals surface area contributed by atoms with Gasteiger partial charge in [0.2, 0.25) is 0 Å². The molecule has 31 heavy (non-hydrogen) atoms. The molecule has 2 fully saturated rings. The molecule has 0 aromatic heterocycles. The van der Waals surface area contributed by atoms with Crippen LogP contribution in [0.1, 0.15) is 55.3 Å². The van der Waals surface area contributed by atoms with Crippen molar-refractivity contribution < 1.29 is 34.1 Å². The molecular formula is C20H28N3O6S2+. The van der Waals surface area contributed by atoms with Gasteiger partial charge in [0.15, 0.2) is 0 Å². The largest absolute Gasteiger partial charge is 0.426 e. The zero-order chi connectivity index (χ0) is 21.9. The van der Waals surface area contributed by atoms with Gasteiger partial charge in [0.05, 0.1) is 13.1 Å². The topological polar surface area (TPSA) is 101 Å². The molecule has 11 heteroatoms. The lowest BCUT2D eigenvalue weighted by Gasteiger charge is -2.10. The number of nitrogens with zero attached hydrogens (tertiary/aromatic N) is 3. The van der Waals surface area contributed by atoms with Gasteiger partial charge in [-0.15, -0.1) is 5.01 Å². The van der Waals surface area contributed by atoms with Gasteiger partial charge in [0.25, 0.3) is 17.0 Å². The summed E-state index contributed by atoms with van der Waals surface area (Å²) in [5, 5.41) is 15.4. The van der Waals surface area contributed by atoms with Crippen LogP contribution in [-0.2, 0) is 14.4 Å². The molecule has 3 rings (SSSR count). The molecule has 2 aliphatic rings. The van der Waals surface area contributed by atoms with Gasteiger partial charge in [-0.2, -0.15) is 0 Å². The highest BCUT2D eigenvalue weighted by atomic mass is 33.1. The number of unbranched alkanes of at least 4 members (excludes halogenated alkanes) is 1. The molecule has 2 aliphatic heterocycles. The second-order valence-corrected chi connectivity index (χ2v) is 10.0. The van der Waals surface area contributed by atoms with Crippen molar-refractivity contribution in [2.24, 2.45) is 5.28 Å². The van der Waals surface area contributed by atoms with Crippen molar-refractivity contribution in [3.63, 3.8) is 0 Å². The van der Waals surface area contributed by atoms with Gasteiger partial charge in [-0.25, -0.2) is 10.0 Å². The molecule has 0 radical (unpaired) electrons. The van der Waals surface area contributed by atoms with Gasteiger partial charge >= 0.3 is 11.9 Å². The van der Waals surface area contributed by atoms with E-state index in [9.17, 15) is 14.8 Å². The molecule has 1 aromatic carbocycles. The minimum atomic E-state index is -0.708. The molecule has 9 nitrogen and oxygen atoms in total. The van der Waals surface area contributed by atoms with Crippen molar-refractivity contribution in [2.45, 2.75) is 50.2 Å². The smallest absolute Gasteiger partial charge is 0.344 e. The molecule has 2 saturated heterocycles. The summed E-state index contributed by atoms with van der Waals surface area (Å²) >= 11 is 0. The highest BCUT2D eigenvalue weighted by molar-refractivity contribution is 8.77. The first-order valence-corrected chi connectivity index (χ1v) is 12.8. The number of hydrogen-bond donors (Lipinski definition) is 1. The number of hydrogen-bond acceptors (Lipinski definition) is 8. The van der Waals surface area contributed by atoms with Gasteiger partial charge in [-0.1, -0.05) is 40.1 Å². The Kier molecular flexibility index (Phi) is 9.60. The number of rotatable bonds is 11. The van der Waals surface area contributed by atoms with Crippen LogP contribution in [0.4, 0.5) is 0 Å². The minimum Gasteiger partial charge on any atom is -0.426 e. The van der Waals surface area contributed by atoms with Crippen LogP contribution >= 0.6 is 21.6 Å². The molecule has 0 aliphatic carbocycles.